The van der Waals surface area contributed by atoms with E-state index in [0.717, 1.165) is 5.56 Å². The number of Topliss-reactive ketones (excluding diaryl/α,β-unsaturated/α-hetero) is 1. The zero-order valence-electron chi connectivity index (χ0n) is 11.6. The highest BCUT2D eigenvalue weighted by Gasteiger charge is 2.10. The summed E-state index contributed by atoms with van der Waals surface area (Å²) in [5.41, 5.74) is 1.39. The van der Waals surface area contributed by atoms with Crippen molar-refractivity contribution in [3.05, 3.63) is 65.5 Å². The first-order valence-corrected chi connectivity index (χ1v) is 6.58. The maximum absolute atomic E-state index is 13.1. The number of carbonyl (C=O) groups excluding carboxylic acids is 1. The highest BCUT2D eigenvalue weighted by Crippen LogP contribution is 2.18. The molecule has 0 bridgehead atoms. The zero-order valence-corrected chi connectivity index (χ0v) is 11.6. The minimum absolute atomic E-state index is 0.0477. The Morgan fingerprint density at radius 1 is 1.15 bits per heavy atom. The summed E-state index contributed by atoms with van der Waals surface area (Å²) in [6.45, 7) is 4.00. The topological polar surface area (TPSA) is 26.3 Å². The van der Waals surface area contributed by atoms with E-state index < -0.39 is 0 Å². The lowest BCUT2D eigenvalue weighted by molar-refractivity contribution is 0.0939. The summed E-state index contributed by atoms with van der Waals surface area (Å²) in [4.78, 5) is 11.9. The molecule has 0 aliphatic rings. The van der Waals surface area contributed by atoms with Gasteiger partial charge in [0.2, 0.25) is 0 Å². The van der Waals surface area contributed by atoms with Crippen molar-refractivity contribution in [2.45, 2.75) is 20.5 Å². The maximum atomic E-state index is 13.1. The van der Waals surface area contributed by atoms with Crippen LogP contribution in [0.4, 0.5) is 4.39 Å². The van der Waals surface area contributed by atoms with Crippen molar-refractivity contribution in [3.8, 4) is 5.75 Å². The van der Waals surface area contributed by atoms with E-state index in [1.165, 1.54) is 12.1 Å². The average Bonchev–Trinajstić information content (AvgIpc) is 2.44. The average molecular weight is 272 g/mol. The molecule has 2 rings (SSSR count). The standard InChI is InChI=1S/C17H17FO2/c1-12(2)17(19)14-6-4-8-16(10-14)20-11-13-5-3-7-15(18)9-13/h3-10,12H,11H2,1-2H3. The van der Waals surface area contributed by atoms with Crippen molar-refractivity contribution < 1.29 is 13.9 Å². The monoisotopic (exact) mass is 272 g/mol. The summed E-state index contributed by atoms with van der Waals surface area (Å²) in [6.07, 6.45) is 0. The summed E-state index contributed by atoms with van der Waals surface area (Å²) in [5, 5.41) is 0. The number of halogens is 1. The number of rotatable bonds is 5. The second kappa shape index (κ2) is 6.33. The summed E-state index contributed by atoms with van der Waals surface area (Å²) < 4.78 is 18.7. The lowest BCUT2D eigenvalue weighted by Gasteiger charge is -2.09. The van der Waals surface area contributed by atoms with Crippen LogP contribution in [0.2, 0.25) is 0 Å². The molecule has 0 heterocycles. The van der Waals surface area contributed by atoms with E-state index in [2.05, 4.69) is 0 Å². The van der Waals surface area contributed by atoms with E-state index in [0.29, 0.717) is 11.3 Å². The second-order valence-corrected chi connectivity index (χ2v) is 4.97. The van der Waals surface area contributed by atoms with Crippen LogP contribution in [0.5, 0.6) is 5.75 Å². The molecule has 2 aromatic rings. The molecule has 20 heavy (non-hydrogen) atoms. The molecule has 0 radical (unpaired) electrons. The highest BCUT2D eigenvalue weighted by molar-refractivity contribution is 5.97. The third-order valence-corrected chi connectivity index (χ3v) is 2.94. The largest absolute Gasteiger partial charge is 0.489 e. The Morgan fingerprint density at radius 3 is 2.60 bits per heavy atom. The number of ketones is 1. The molecule has 0 unspecified atom stereocenters. The number of benzene rings is 2. The number of hydrogen-bond donors (Lipinski definition) is 0. The quantitative estimate of drug-likeness (QED) is 0.761. The van der Waals surface area contributed by atoms with Crippen LogP contribution in [0.3, 0.4) is 0 Å². The van der Waals surface area contributed by atoms with Gasteiger partial charge in [0.05, 0.1) is 0 Å². The molecule has 0 aliphatic heterocycles. The Morgan fingerprint density at radius 2 is 1.90 bits per heavy atom. The van der Waals surface area contributed by atoms with Crippen molar-refractivity contribution in [2.75, 3.05) is 0 Å². The minimum atomic E-state index is -0.283. The molecule has 0 atom stereocenters. The van der Waals surface area contributed by atoms with E-state index in [-0.39, 0.29) is 24.1 Å². The first kappa shape index (κ1) is 14.3. The molecule has 0 aliphatic carbocycles. The van der Waals surface area contributed by atoms with E-state index in [1.54, 1.807) is 36.4 Å². The highest BCUT2D eigenvalue weighted by atomic mass is 19.1. The summed E-state index contributed by atoms with van der Waals surface area (Å²) in [5.74, 6) is 0.366. The summed E-state index contributed by atoms with van der Waals surface area (Å²) in [7, 11) is 0. The first-order valence-electron chi connectivity index (χ1n) is 6.58. The molecule has 0 N–H and O–H groups in total. The summed E-state index contributed by atoms with van der Waals surface area (Å²) >= 11 is 0. The molecule has 0 spiro atoms. The Labute approximate surface area is 118 Å². The Kier molecular flexibility index (Phi) is 4.51. The second-order valence-electron chi connectivity index (χ2n) is 4.97. The van der Waals surface area contributed by atoms with Crippen LogP contribution in [0.15, 0.2) is 48.5 Å². The number of hydrogen-bond acceptors (Lipinski definition) is 2. The molecule has 2 aromatic carbocycles. The van der Waals surface area contributed by atoms with Gasteiger partial charge in [0.25, 0.3) is 0 Å². The van der Waals surface area contributed by atoms with Crippen molar-refractivity contribution in [2.24, 2.45) is 5.92 Å². The fraction of sp³-hybridized carbons (Fsp3) is 0.235. The molecule has 0 saturated carbocycles. The molecule has 2 nitrogen and oxygen atoms in total. The van der Waals surface area contributed by atoms with Crippen LogP contribution in [0.25, 0.3) is 0 Å². The smallest absolute Gasteiger partial charge is 0.165 e. The van der Waals surface area contributed by atoms with Crippen molar-refractivity contribution in [1.29, 1.82) is 0 Å². The van der Waals surface area contributed by atoms with Gasteiger partial charge in [-0.05, 0) is 29.8 Å². The van der Waals surface area contributed by atoms with Gasteiger partial charge in [0.15, 0.2) is 5.78 Å². The van der Waals surface area contributed by atoms with Crippen LogP contribution in [-0.2, 0) is 6.61 Å². The molecule has 0 fully saturated rings. The third kappa shape index (κ3) is 3.67. The molecule has 104 valence electrons. The van der Waals surface area contributed by atoms with Crippen LogP contribution >= 0.6 is 0 Å². The molecule has 0 saturated heterocycles. The van der Waals surface area contributed by atoms with Gasteiger partial charge in [-0.2, -0.15) is 0 Å². The predicted molar refractivity (Wildman–Crippen MR) is 76.3 cm³/mol. The minimum Gasteiger partial charge on any atom is -0.489 e. The van der Waals surface area contributed by atoms with Crippen LogP contribution in [0, 0.1) is 11.7 Å². The van der Waals surface area contributed by atoms with E-state index >= 15 is 0 Å². The molecular weight excluding hydrogens is 255 g/mol. The predicted octanol–water partition coefficient (Wildman–Crippen LogP) is 4.24. The van der Waals surface area contributed by atoms with Crippen molar-refractivity contribution in [3.63, 3.8) is 0 Å². The Bertz CT molecular complexity index is 605. The van der Waals surface area contributed by atoms with Gasteiger partial charge >= 0.3 is 0 Å². The van der Waals surface area contributed by atoms with Crippen LogP contribution in [0.1, 0.15) is 29.8 Å². The molecule has 0 amide bonds. The lowest BCUT2D eigenvalue weighted by Crippen LogP contribution is -2.07. The van der Waals surface area contributed by atoms with Gasteiger partial charge in [0, 0.05) is 11.5 Å². The van der Waals surface area contributed by atoms with E-state index in [1.807, 2.05) is 13.8 Å². The van der Waals surface area contributed by atoms with E-state index in [4.69, 9.17) is 4.74 Å². The van der Waals surface area contributed by atoms with E-state index in [9.17, 15) is 9.18 Å². The van der Waals surface area contributed by atoms with Gasteiger partial charge in [-0.1, -0.05) is 38.1 Å². The Hall–Kier alpha value is -2.16. The van der Waals surface area contributed by atoms with Gasteiger partial charge in [-0.25, -0.2) is 4.39 Å². The first-order chi connectivity index (χ1) is 9.56. The number of ether oxygens (including phenoxy) is 1. The molecular formula is C17H17FO2. The third-order valence-electron chi connectivity index (χ3n) is 2.94. The fourth-order valence-electron chi connectivity index (χ4n) is 1.87. The Balaban J connectivity index is 2.07. The van der Waals surface area contributed by atoms with Crippen LogP contribution in [-0.4, -0.2) is 5.78 Å². The normalized spacial score (nSPS) is 10.6. The lowest BCUT2D eigenvalue weighted by atomic mass is 10.0. The molecule has 0 aromatic heterocycles. The maximum Gasteiger partial charge on any atom is 0.165 e. The molecule has 3 heteroatoms. The van der Waals surface area contributed by atoms with Crippen molar-refractivity contribution in [1.82, 2.24) is 0 Å². The SMILES string of the molecule is CC(C)C(=O)c1cccc(OCc2cccc(F)c2)c1. The van der Waals surface area contributed by atoms with Gasteiger partial charge in [0.1, 0.15) is 18.2 Å². The zero-order chi connectivity index (χ0) is 14.5. The van der Waals surface area contributed by atoms with Gasteiger partial charge < -0.3 is 4.74 Å². The summed E-state index contributed by atoms with van der Waals surface area (Å²) in [6, 6.07) is 13.3. The van der Waals surface area contributed by atoms with Gasteiger partial charge in [-0.3, -0.25) is 4.79 Å². The fourth-order valence-corrected chi connectivity index (χ4v) is 1.87. The number of carbonyl (C=O) groups is 1. The van der Waals surface area contributed by atoms with Crippen molar-refractivity contribution >= 4 is 5.78 Å². The van der Waals surface area contributed by atoms with Crippen LogP contribution < -0.4 is 4.74 Å². The van der Waals surface area contributed by atoms with Gasteiger partial charge in [-0.15, -0.1) is 0 Å².